The molecule has 0 heterocycles. The number of benzene rings is 2. The molecule has 0 fully saturated rings. The van der Waals surface area contributed by atoms with Gasteiger partial charge >= 0.3 is 0 Å². The number of aromatic hydroxyl groups is 1. The molecule has 3 N–H and O–H groups in total. The molecule has 2 aromatic rings. The predicted octanol–water partition coefficient (Wildman–Crippen LogP) is 4.62. The molecule has 0 unspecified atom stereocenters. The highest BCUT2D eigenvalue weighted by atomic mass is 35.5. The molecule has 0 saturated carbocycles. The molecule has 3 nitrogen and oxygen atoms in total. The summed E-state index contributed by atoms with van der Waals surface area (Å²) in [6, 6.07) is 9.98. The molecule has 106 valence electrons. The van der Waals surface area contributed by atoms with Gasteiger partial charge in [-0.3, -0.25) is 0 Å². The van der Waals surface area contributed by atoms with Gasteiger partial charge in [0.1, 0.15) is 11.5 Å². The zero-order valence-corrected chi connectivity index (χ0v) is 12.4. The van der Waals surface area contributed by atoms with E-state index in [1.165, 1.54) is 0 Å². The summed E-state index contributed by atoms with van der Waals surface area (Å²) >= 11 is 11.2. The van der Waals surface area contributed by atoms with Crippen molar-refractivity contribution in [3.05, 3.63) is 58.6 Å². The second-order valence-electron chi connectivity index (χ2n) is 3.79. The van der Waals surface area contributed by atoms with Crippen molar-refractivity contribution in [3.63, 3.8) is 0 Å². The monoisotopic (exact) mass is 311 g/mol. The Morgan fingerprint density at radius 2 is 1.90 bits per heavy atom. The minimum absolute atomic E-state index is 0.223. The molecular formula is C15H15Cl2NO2. The Hall–Kier alpha value is -1.84. The van der Waals surface area contributed by atoms with Gasteiger partial charge in [0.25, 0.3) is 0 Å². The van der Waals surface area contributed by atoms with Crippen LogP contribution in [-0.2, 0) is 0 Å². The predicted molar refractivity (Wildman–Crippen MR) is 85.6 cm³/mol. The van der Waals surface area contributed by atoms with Gasteiger partial charge < -0.3 is 15.6 Å². The Morgan fingerprint density at radius 3 is 2.40 bits per heavy atom. The molecule has 2 rings (SSSR count). The van der Waals surface area contributed by atoms with Crippen molar-refractivity contribution in [1.29, 1.82) is 0 Å². The second-order valence-corrected chi connectivity index (χ2v) is 4.64. The van der Waals surface area contributed by atoms with Crippen molar-refractivity contribution in [2.45, 2.75) is 0 Å². The molecule has 0 atom stereocenters. The van der Waals surface area contributed by atoms with Gasteiger partial charge in [-0.15, -0.1) is 0 Å². The average molecular weight is 312 g/mol. The number of rotatable bonds is 2. The molecule has 0 spiro atoms. The number of phenolic OH excluding ortho intramolecular Hbond substituents is 1. The lowest BCUT2D eigenvalue weighted by Crippen LogP contribution is -1.83. The Morgan fingerprint density at radius 1 is 1.20 bits per heavy atom. The van der Waals surface area contributed by atoms with Gasteiger partial charge in [-0.05, 0) is 36.4 Å². The average Bonchev–Trinajstić information content (AvgIpc) is 2.44. The van der Waals surface area contributed by atoms with Crippen LogP contribution >= 0.6 is 23.2 Å². The minimum Gasteiger partial charge on any atom is -0.507 e. The zero-order chi connectivity index (χ0) is 15.1. The fraction of sp³-hybridized carbons (Fsp3) is 0.0667. The zero-order valence-electron chi connectivity index (χ0n) is 10.9. The summed E-state index contributed by atoms with van der Waals surface area (Å²) in [5, 5.41) is 10.4. The first-order valence-electron chi connectivity index (χ1n) is 5.68. The topological polar surface area (TPSA) is 55.5 Å². The number of halogens is 2. The van der Waals surface area contributed by atoms with Crippen LogP contribution in [0.15, 0.2) is 43.0 Å². The number of methoxy groups -OCH3 is 1. The maximum atomic E-state index is 9.20. The maximum absolute atomic E-state index is 9.20. The second kappa shape index (κ2) is 7.68. The number of ether oxygens (including phenoxy) is 1. The summed E-state index contributed by atoms with van der Waals surface area (Å²) in [6.45, 7) is 3.55. The van der Waals surface area contributed by atoms with E-state index in [-0.39, 0.29) is 5.75 Å². The molecule has 0 bridgehead atoms. The summed E-state index contributed by atoms with van der Waals surface area (Å²) in [6.07, 6.45) is 1.58. The number of hydrogen-bond acceptors (Lipinski definition) is 3. The highest BCUT2D eigenvalue weighted by Crippen LogP contribution is 2.23. The van der Waals surface area contributed by atoms with Gasteiger partial charge in [0.05, 0.1) is 17.8 Å². The minimum atomic E-state index is 0.223. The van der Waals surface area contributed by atoms with Crippen LogP contribution in [0.1, 0.15) is 5.56 Å². The van der Waals surface area contributed by atoms with E-state index in [1.807, 2.05) is 0 Å². The first-order valence-corrected chi connectivity index (χ1v) is 6.43. The van der Waals surface area contributed by atoms with Gasteiger partial charge in [-0.25, -0.2) is 0 Å². The summed E-state index contributed by atoms with van der Waals surface area (Å²) in [5.41, 5.74) is 6.61. The number of nitrogens with two attached hydrogens (primary N) is 1. The standard InChI is InChI=1S/C9H10O2.C6H5Cl2N/c1-3-7-6-8(11-2)4-5-9(7)10;7-4-1-2-5(8)6(9)3-4/h3-6,10H,1H2,2H3;1-3H,9H2. The van der Waals surface area contributed by atoms with Crippen molar-refractivity contribution < 1.29 is 9.84 Å². The van der Waals surface area contributed by atoms with Crippen molar-refractivity contribution >= 4 is 35.0 Å². The maximum Gasteiger partial charge on any atom is 0.123 e. The molecule has 0 aliphatic heterocycles. The van der Waals surface area contributed by atoms with Gasteiger partial charge in [-0.2, -0.15) is 0 Å². The van der Waals surface area contributed by atoms with E-state index >= 15 is 0 Å². The van der Waals surface area contributed by atoms with E-state index < -0.39 is 0 Å². The van der Waals surface area contributed by atoms with Gasteiger partial charge in [0, 0.05) is 10.6 Å². The molecule has 0 aliphatic carbocycles. The van der Waals surface area contributed by atoms with Crippen LogP contribution in [0.4, 0.5) is 5.69 Å². The Bertz CT molecular complexity index is 600. The van der Waals surface area contributed by atoms with Gasteiger partial charge in [0.15, 0.2) is 0 Å². The molecular weight excluding hydrogens is 297 g/mol. The van der Waals surface area contributed by atoms with Crippen molar-refractivity contribution in [3.8, 4) is 11.5 Å². The van der Waals surface area contributed by atoms with Gasteiger partial charge in [-0.1, -0.05) is 35.9 Å². The van der Waals surface area contributed by atoms with Crippen LogP contribution in [-0.4, -0.2) is 12.2 Å². The quantitative estimate of drug-likeness (QED) is 0.796. The molecule has 0 radical (unpaired) electrons. The number of phenols is 1. The van der Waals surface area contributed by atoms with E-state index in [1.54, 1.807) is 49.6 Å². The summed E-state index contributed by atoms with van der Waals surface area (Å²) in [4.78, 5) is 0. The summed E-state index contributed by atoms with van der Waals surface area (Å²) in [7, 11) is 1.58. The summed E-state index contributed by atoms with van der Waals surface area (Å²) < 4.78 is 4.95. The first-order chi connectivity index (χ1) is 9.47. The van der Waals surface area contributed by atoms with Crippen molar-refractivity contribution in [2.24, 2.45) is 0 Å². The fourth-order valence-electron chi connectivity index (χ4n) is 1.34. The van der Waals surface area contributed by atoms with Crippen LogP contribution in [0.2, 0.25) is 10.0 Å². The van der Waals surface area contributed by atoms with E-state index in [0.29, 0.717) is 21.3 Å². The van der Waals surface area contributed by atoms with Crippen LogP contribution in [0, 0.1) is 0 Å². The van der Waals surface area contributed by atoms with E-state index in [0.717, 1.165) is 5.75 Å². The SMILES string of the molecule is C=Cc1cc(OC)ccc1O.Nc1cc(Cl)ccc1Cl. The van der Waals surface area contributed by atoms with Crippen LogP contribution in [0.25, 0.3) is 6.08 Å². The summed E-state index contributed by atoms with van der Waals surface area (Å²) in [5.74, 6) is 0.943. The number of nitrogen functional groups attached to an aromatic ring is 1. The van der Waals surface area contributed by atoms with Crippen LogP contribution in [0.5, 0.6) is 11.5 Å². The third-order valence-corrected chi connectivity index (χ3v) is 2.99. The molecule has 0 aliphatic rings. The van der Waals surface area contributed by atoms with Gasteiger partial charge in [0.2, 0.25) is 0 Å². The van der Waals surface area contributed by atoms with E-state index in [4.69, 9.17) is 33.7 Å². The molecule has 0 amide bonds. The number of hydrogen-bond donors (Lipinski definition) is 2. The molecule has 2 aromatic carbocycles. The normalized spacial score (nSPS) is 9.35. The lowest BCUT2D eigenvalue weighted by Gasteiger charge is -2.02. The third-order valence-electron chi connectivity index (χ3n) is 2.41. The highest BCUT2D eigenvalue weighted by molar-refractivity contribution is 6.35. The Kier molecular flexibility index (Phi) is 6.22. The van der Waals surface area contributed by atoms with Crippen LogP contribution in [0.3, 0.4) is 0 Å². The van der Waals surface area contributed by atoms with Crippen LogP contribution < -0.4 is 10.5 Å². The molecule has 0 aromatic heterocycles. The van der Waals surface area contributed by atoms with Crippen molar-refractivity contribution in [2.75, 3.05) is 12.8 Å². The fourth-order valence-corrected chi connectivity index (χ4v) is 1.64. The Labute approximate surface area is 128 Å². The Balaban J connectivity index is 0.000000204. The highest BCUT2D eigenvalue weighted by Gasteiger charge is 1.97. The third kappa shape index (κ3) is 4.68. The molecule has 5 heteroatoms. The van der Waals surface area contributed by atoms with Crippen molar-refractivity contribution in [1.82, 2.24) is 0 Å². The first kappa shape index (κ1) is 16.2. The smallest absolute Gasteiger partial charge is 0.123 e. The lowest BCUT2D eigenvalue weighted by molar-refractivity contribution is 0.412. The molecule has 20 heavy (non-hydrogen) atoms. The van der Waals surface area contributed by atoms with E-state index in [2.05, 4.69) is 6.58 Å². The lowest BCUT2D eigenvalue weighted by atomic mass is 10.2. The van der Waals surface area contributed by atoms with E-state index in [9.17, 15) is 5.11 Å². The number of anilines is 1. The molecule has 0 saturated heterocycles. The largest absolute Gasteiger partial charge is 0.507 e.